The van der Waals surface area contributed by atoms with Crippen molar-refractivity contribution < 1.29 is 23.5 Å². The summed E-state index contributed by atoms with van der Waals surface area (Å²) in [5.74, 6) is -0.418. The number of halogens is 2. The van der Waals surface area contributed by atoms with Gasteiger partial charge in [-0.2, -0.15) is 15.1 Å². The number of anilines is 2. The fraction of sp³-hybridized carbons (Fsp3) is 0.304. The van der Waals surface area contributed by atoms with Gasteiger partial charge in [-0.25, -0.2) is 18.4 Å². The van der Waals surface area contributed by atoms with Crippen LogP contribution >= 0.6 is 0 Å². The number of Topliss-reactive ketones (excluding diaryl/α,β-unsaturated/α-hetero) is 1. The minimum absolute atomic E-state index is 0.0372. The third-order valence-electron chi connectivity index (χ3n) is 5.80. The molecule has 1 atom stereocenters. The number of aliphatic hydroxyl groups is 1. The summed E-state index contributed by atoms with van der Waals surface area (Å²) in [6.07, 6.45) is 1.25. The molecule has 1 fully saturated rings. The number of nitrogens with zero attached hydrogens (tertiary/aromatic N) is 6. The van der Waals surface area contributed by atoms with Crippen LogP contribution in [0.25, 0.3) is 16.7 Å². The molecule has 182 valence electrons. The second kappa shape index (κ2) is 9.13. The number of benzene rings is 1. The maximum atomic E-state index is 13.0. The normalized spacial score (nSPS) is 16.5. The van der Waals surface area contributed by atoms with Crippen LogP contribution in [0.3, 0.4) is 0 Å². The van der Waals surface area contributed by atoms with Crippen LogP contribution in [-0.4, -0.2) is 65.9 Å². The van der Waals surface area contributed by atoms with E-state index in [1.54, 1.807) is 51.8 Å². The Labute approximate surface area is 198 Å². The van der Waals surface area contributed by atoms with Gasteiger partial charge in [-0.15, -0.1) is 0 Å². The molecule has 1 unspecified atom stereocenters. The van der Waals surface area contributed by atoms with Crippen LogP contribution in [0.4, 0.5) is 20.4 Å². The Morgan fingerprint density at radius 2 is 2.14 bits per heavy atom. The third kappa shape index (κ3) is 4.63. The summed E-state index contributed by atoms with van der Waals surface area (Å²) in [5.41, 5.74) is 2.89. The summed E-state index contributed by atoms with van der Waals surface area (Å²) < 4.78 is 29.3. The Morgan fingerprint density at radius 1 is 1.31 bits per heavy atom. The van der Waals surface area contributed by atoms with Crippen molar-refractivity contribution in [2.45, 2.75) is 26.0 Å². The van der Waals surface area contributed by atoms with Crippen LogP contribution < -0.4 is 5.32 Å². The molecule has 0 bridgehead atoms. The number of aromatic nitrogens is 5. The van der Waals surface area contributed by atoms with Crippen LogP contribution in [0.2, 0.25) is 0 Å². The average Bonchev–Trinajstić information content (AvgIpc) is 3.51. The highest BCUT2D eigenvalue weighted by Gasteiger charge is 2.24. The highest BCUT2D eigenvalue weighted by molar-refractivity contribution is 6.10. The number of aliphatic hydroxyl groups excluding tert-OH is 1. The monoisotopic (exact) mass is 483 g/mol. The standard InChI is InChI=1S/C23H23F2N7O3/c1-13-14(8-31-10-16(33)12-35-31)9-32(29-13)20-5-6-26-23(28-20)27-15-3-4-19-17(7-15)18(11-30(19)2)21(34)22(24)25/h3-7,9,11,16,22,33H,8,10,12H2,1-2H3,(H,26,27,28). The van der Waals surface area contributed by atoms with E-state index >= 15 is 0 Å². The van der Waals surface area contributed by atoms with Gasteiger partial charge < -0.3 is 15.0 Å². The molecule has 12 heteroatoms. The van der Waals surface area contributed by atoms with Gasteiger partial charge in [-0.3, -0.25) is 9.63 Å². The number of alkyl halides is 2. The molecular formula is C23H23F2N7O3. The number of nitrogens with one attached hydrogen (secondary N) is 1. The number of ketones is 1. The molecule has 5 rings (SSSR count). The number of hydroxylamine groups is 2. The van der Waals surface area contributed by atoms with Crippen molar-refractivity contribution in [2.24, 2.45) is 7.05 Å². The van der Waals surface area contributed by atoms with Gasteiger partial charge in [0.15, 0.2) is 5.82 Å². The molecule has 4 aromatic rings. The van der Waals surface area contributed by atoms with Crippen molar-refractivity contribution >= 4 is 28.3 Å². The Balaban J connectivity index is 1.38. The lowest BCUT2D eigenvalue weighted by molar-refractivity contribution is -0.118. The van der Waals surface area contributed by atoms with E-state index in [1.807, 2.05) is 13.1 Å². The van der Waals surface area contributed by atoms with Gasteiger partial charge in [0.2, 0.25) is 11.7 Å². The van der Waals surface area contributed by atoms with Gasteiger partial charge in [0, 0.05) is 59.4 Å². The van der Waals surface area contributed by atoms with E-state index in [9.17, 15) is 18.7 Å². The molecule has 1 saturated heterocycles. The number of rotatable bonds is 7. The van der Waals surface area contributed by atoms with Crippen LogP contribution in [0.1, 0.15) is 21.6 Å². The predicted molar refractivity (Wildman–Crippen MR) is 123 cm³/mol. The van der Waals surface area contributed by atoms with Crippen LogP contribution in [0.5, 0.6) is 0 Å². The van der Waals surface area contributed by atoms with E-state index in [-0.39, 0.29) is 18.1 Å². The fourth-order valence-corrected chi connectivity index (χ4v) is 4.05. The number of fused-ring (bicyclic) bond motifs is 1. The predicted octanol–water partition coefficient (Wildman–Crippen LogP) is 2.76. The van der Waals surface area contributed by atoms with Gasteiger partial charge in [-0.05, 0) is 25.1 Å². The van der Waals surface area contributed by atoms with E-state index in [4.69, 9.17) is 4.84 Å². The van der Waals surface area contributed by atoms with Crippen LogP contribution in [-0.2, 0) is 18.4 Å². The smallest absolute Gasteiger partial charge is 0.300 e. The zero-order valence-corrected chi connectivity index (χ0v) is 19.0. The SMILES string of the molecule is Cc1nn(-c2ccnc(Nc3ccc4c(c3)c(C(=O)C(F)F)cn4C)n2)cc1CN1CC(O)CO1. The molecule has 1 aromatic carbocycles. The number of aryl methyl sites for hydroxylation is 2. The van der Waals surface area contributed by atoms with Crippen molar-refractivity contribution in [1.82, 2.24) is 29.4 Å². The molecule has 4 heterocycles. The molecule has 2 N–H and O–H groups in total. The first-order valence-corrected chi connectivity index (χ1v) is 10.9. The molecule has 0 saturated carbocycles. The number of hydrogen-bond acceptors (Lipinski definition) is 8. The molecule has 0 amide bonds. The van der Waals surface area contributed by atoms with Crippen LogP contribution in [0, 0.1) is 6.92 Å². The van der Waals surface area contributed by atoms with E-state index in [0.717, 1.165) is 11.3 Å². The fourth-order valence-electron chi connectivity index (χ4n) is 4.05. The number of hydrogen-bond donors (Lipinski definition) is 2. The Hall–Kier alpha value is -3.74. The van der Waals surface area contributed by atoms with Crippen molar-refractivity contribution in [2.75, 3.05) is 18.5 Å². The number of β-amino-alcohol motifs (C(OH)–C–C–N with tert-alkyl or cyclic N) is 1. The summed E-state index contributed by atoms with van der Waals surface area (Å²) >= 11 is 0. The summed E-state index contributed by atoms with van der Waals surface area (Å²) in [4.78, 5) is 26.1. The average molecular weight is 483 g/mol. The van der Waals surface area contributed by atoms with Crippen LogP contribution in [0.15, 0.2) is 42.9 Å². The van der Waals surface area contributed by atoms with Gasteiger partial charge in [0.1, 0.15) is 0 Å². The molecule has 0 radical (unpaired) electrons. The Kier molecular flexibility index (Phi) is 6.01. The van der Waals surface area contributed by atoms with E-state index in [1.165, 1.54) is 6.20 Å². The lowest BCUT2D eigenvalue weighted by Gasteiger charge is -2.12. The molecule has 10 nitrogen and oxygen atoms in total. The molecule has 35 heavy (non-hydrogen) atoms. The topological polar surface area (TPSA) is 110 Å². The maximum absolute atomic E-state index is 13.0. The van der Waals surface area contributed by atoms with Crippen molar-refractivity contribution in [1.29, 1.82) is 0 Å². The minimum atomic E-state index is -3.08. The van der Waals surface area contributed by atoms with E-state index in [0.29, 0.717) is 35.5 Å². The van der Waals surface area contributed by atoms with Gasteiger partial charge in [-0.1, -0.05) is 0 Å². The first-order valence-electron chi connectivity index (χ1n) is 10.9. The Bertz CT molecular complexity index is 1400. The third-order valence-corrected chi connectivity index (χ3v) is 5.80. The van der Waals surface area contributed by atoms with E-state index in [2.05, 4.69) is 20.4 Å². The lowest BCUT2D eigenvalue weighted by atomic mass is 10.1. The maximum Gasteiger partial charge on any atom is 0.300 e. The minimum Gasteiger partial charge on any atom is -0.389 e. The van der Waals surface area contributed by atoms with Crippen molar-refractivity contribution in [3.63, 3.8) is 0 Å². The van der Waals surface area contributed by atoms with Gasteiger partial charge in [0.25, 0.3) is 0 Å². The van der Waals surface area contributed by atoms with E-state index < -0.39 is 18.3 Å². The van der Waals surface area contributed by atoms with Crippen molar-refractivity contribution in [3.8, 4) is 5.82 Å². The molecular weight excluding hydrogens is 460 g/mol. The summed E-state index contributed by atoms with van der Waals surface area (Å²) in [6, 6.07) is 6.83. The highest BCUT2D eigenvalue weighted by atomic mass is 19.3. The number of carbonyl (C=O) groups is 1. The second-order valence-corrected chi connectivity index (χ2v) is 8.37. The highest BCUT2D eigenvalue weighted by Crippen LogP contribution is 2.27. The van der Waals surface area contributed by atoms with Gasteiger partial charge in [0.05, 0.1) is 31.5 Å². The lowest BCUT2D eigenvalue weighted by Crippen LogP contribution is -2.20. The zero-order chi connectivity index (χ0) is 24.7. The summed E-state index contributed by atoms with van der Waals surface area (Å²) in [6.45, 7) is 3.07. The summed E-state index contributed by atoms with van der Waals surface area (Å²) in [7, 11) is 1.70. The first-order chi connectivity index (χ1) is 16.8. The molecule has 0 aliphatic carbocycles. The first kappa shape index (κ1) is 23.0. The molecule has 0 spiro atoms. The second-order valence-electron chi connectivity index (χ2n) is 8.37. The van der Waals surface area contributed by atoms with Crippen molar-refractivity contribution in [3.05, 3.63) is 59.7 Å². The zero-order valence-electron chi connectivity index (χ0n) is 19.0. The molecule has 1 aliphatic heterocycles. The molecule has 1 aliphatic rings. The number of carbonyl (C=O) groups excluding carboxylic acids is 1. The molecule has 3 aromatic heterocycles. The van der Waals surface area contributed by atoms with Gasteiger partial charge >= 0.3 is 6.43 Å². The quantitative estimate of drug-likeness (QED) is 0.386. The summed E-state index contributed by atoms with van der Waals surface area (Å²) in [5, 5.41) is 19.3. The largest absolute Gasteiger partial charge is 0.389 e. The Morgan fingerprint density at radius 3 is 2.89 bits per heavy atom.